The van der Waals surface area contributed by atoms with Crippen LogP contribution in [0.25, 0.3) is 0 Å². The highest BCUT2D eigenvalue weighted by Gasteiger charge is 2.30. The second kappa shape index (κ2) is 6.51. The average molecular weight is 268 g/mol. The molecule has 0 aliphatic heterocycles. The second-order valence-corrected chi connectivity index (χ2v) is 3.25. The Balaban J connectivity index is 0.00000256. The molecular formula is C11H13ClF3NO. The molecule has 1 atom stereocenters. The fourth-order valence-electron chi connectivity index (χ4n) is 1.23. The van der Waals surface area contributed by atoms with Crippen LogP contribution in [-0.4, -0.2) is 6.36 Å². The molecular weight excluding hydrogens is 255 g/mol. The number of ether oxygens (including phenoxy) is 1. The standard InChI is InChI=1S/C11H12F3NO.ClH/c1-2-3-10(15)8-4-6-9(7-5-8)16-11(12,13)14;/h2,4-7,10H,1,3,15H2;1H/t10-;/m1./s1. The lowest BCUT2D eigenvalue weighted by Gasteiger charge is -2.12. The van der Waals surface area contributed by atoms with Crippen LogP contribution >= 0.6 is 12.4 Å². The lowest BCUT2D eigenvalue weighted by Crippen LogP contribution is -2.17. The van der Waals surface area contributed by atoms with Crippen LogP contribution in [-0.2, 0) is 0 Å². The highest BCUT2D eigenvalue weighted by Crippen LogP contribution is 2.24. The largest absolute Gasteiger partial charge is 0.573 e. The summed E-state index contributed by atoms with van der Waals surface area (Å²) in [7, 11) is 0. The Morgan fingerprint density at radius 3 is 2.24 bits per heavy atom. The van der Waals surface area contributed by atoms with Crippen molar-refractivity contribution in [2.45, 2.75) is 18.8 Å². The van der Waals surface area contributed by atoms with E-state index in [-0.39, 0.29) is 24.2 Å². The van der Waals surface area contributed by atoms with Crippen LogP contribution in [0.1, 0.15) is 18.0 Å². The topological polar surface area (TPSA) is 35.2 Å². The first-order valence-corrected chi connectivity index (χ1v) is 4.64. The minimum absolute atomic E-state index is 0. The Hall–Kier alpha value is -1.20. The van der Waals surface area contributed by atoms with Gasteiger partial charge in [0.1, 0.15) is 5.75 Å². The molecule has 0 aliphatic carbocycles. The molecule has 17 heavy (non-hydrogen) atoms. The zero-order chi connectivity index (χ0) is 12.2. The van der Waals surface area contributed by atoms with Crippen LogP contribution in [0, 0.1) is 0 Å². The summed E-state index contributed by atoms with van der Waals surface area (Å²) in [5.74, 6) is -0.248. The smallest absolute Gasteiger partial charge is 0.406 e. The lowest BCUT2D eigenvalue weighted by atomic mass is 10.1. The number of hydrogen-bond donors (Lipinski definition) is 1. The van der Waals surface area contributed by atoms with Crippen LogP contribution in [0.5, 0.6) is 5.75 Å². The van der Waals surface area contributed by atoms with E-state index >= 15 is 0 Å². The van der Waals surface area contributed by atoms with Crippen molar-refractivity contribution in [3.8, 4) is 5.75 Å². The SMILES string of the molecule is C=CC[C@@H](N)c1ccc(OC(F)(F)F)cc1.Cl. The van der Waals surface area contributed by atoms with Gasteiger partial charge in [0, 0.05) is 6.04 Å². The van der Waals surface area contributed by atoms with Crippen molar-refractivity contribution in [1.82, 2.24) is 0 Å². The van der Waals surface area contributed by atoms with Gasteiger partial charge in [-0.15, -0.1) is 32.2 Å². The number of alkyl halides is 3. The van der Waals surface area contributed by atoms with Gasteiger partial charge in [-0.3, -0.25) is 0 Å². The van der Waals surface area contributed by atoms with Crippen molar-refractivity contribution in [3.05, 3.63) is 42.5 Å². The van der Waals surface area contributed by atoms with Gasteiger partial charge in [-0.1, -0.05) is 18.2 Å². The summed E-state index contributed by atoms with van der Waals surface area (Å²) in [5, 5.41) is 0. The third kappa shape index (κ3) is 5.60. The first-order valence-electron chi connectivity index (χ1n) is 4.64. The van der Waals surface area contributed by atoms with Crippen molar-refractivity contribution < 1.29 is 17.9 Å². The monoisotopic (exact) mass is 267 g/mol. The summed E-state index contributed by atoms with van der Waals surface area (Å²) in [6.07, 6.45) is -2.44. The molecule has 0 heterocycles. The Kier molecular flexibility index (Phi) is 6.05. The molecule has 1 aromatic rings. The van der Waals surface area contributed by atoms with Crippen LogP contribution in [0.4, 0.5) is 13.2 Å². The Labute approximate surface area is 104 Å². The number of rotatable bonds is 4. The lowest BCUT2D eigenvalue weighted by molar-refractivity contribution is -0.274. The summed E-state index contributed by atoms with van der Waals surface area (Å²) < 4.78 is 39.3. The van der Waals surface area contributed by atoms with E-state index < -0.39 is 6.36 Å². The highest BCUT2D eigenvalue weighted by molar-refractivity contribution is 5.85. The van der Waals surface area contributed by atoms with Crippen molar-refractivity contribution in [1.29, 1.82) is 0 Å². The van der Waals surface area contributed by atoms with E-state index in [1.165, 1.54) is 24.3 Å². The molecule has 2 N–H and O–H groups in total. The molecule has 0 spiro atoms. The predicted octanol–water partition coefficient (Wildman–Crippen LogP) is 3.58. The number of hydrogen-bond acceptors (Lipinski definition) is 2. The first-order chi connectivity index (χ1) is 7.42. The van der Waals surface area contributed by atoms with Gasteiger partial charge in [-0.05, 0) is 24.1 Å². The third-order valence-corrected chi connectivity index (χ3v) is 1.96. The normalized spacial score (nSPS) is 12.5. The molecule has 0 radical (unpaired) electrons. The Morgan fingerprint density at radius 2 is 1.82 bits per heavy atom. The van der Waals surface area contributed by atoms with Gasteiger partial charge in [-0.2, -0.15) is 0 Å². The van der Waals surface area contributed by atoms with E-state index in [4.69, 9.17) is 5.73 Å². The molecule has 0 aromatic heterocycles. The van der Waals surface area contributed by atoms with Gasteiger partial charge in [0.2, 0.25) is 0 Å². The van der Waals surface area contributed by atoms with Gasteiger partial charge in [0.15, 0.2) is 0 Å². The molecule has 0 fully saturated rings. The molecule has 0 saturated heterocycles. The van der Waals surface area contributed by atoms with E-state index in [9.17, 15) is 13.2 Å². The minimum atomic E-state index is -4.66. The third-order valence-electron chi connectivity index (χ3n) is 1.96. The molecule has 1 rings (SSSR count). The van der Waals surface area contributed by atoms with Gasteiger partial charge in [0.25, 0.3) is 0 Å². The zero-order valence-corrected chi connectivity index (χ0v) is 9.72. The molecule has 6 heteroatoms. The van der Waals surface area contributed by atoms with Crippen molar-refractivity contribution in [2.24, 2.45) is 5.73 Å². The van der Waals surface area contributed by atoms with Gasteiger partial charge in [0.05, 0.1) is 0 Å². The molecule has 0 aliphatic rings. The number of benzene rings is 1. The van der Waals surface area contributed by atoms with E-state index in [1.807, 2.05) is 0 Å². The van der Waals surface area contributed by atoms with Crippen LogP contribution in [0.3, 0.4) is 0 Å². The minimum Gasteiger partial charge on any atom is -0.406 e. The van der Waals surface area contributed by atoms with Crippen molar-refractivity contribution in [2.75, 3.05) is 0 Å². The molecule has 0 saturated carbocycles. The zero-order valence-electron chi connectivity index (χ0n) is 8.91. The van der Waals surface area contributed by atoms with Gasteiger partial charge < -0.3 is 10.5 Å². The molecule has 1 aromatic carbocycles. The highest BCUT2D eigenvalue weighted by atomic mass is 35.5. The van der Waals surface area contributed by atoms with E-state index in [0.717, 1.165) is 5.56 Å². The molecule has 0 unspecified atom stereocenters. The van der Waals surface area contributed by atoms with E-state index in [0.29, 0.717) is 6.42 Å². The summed E-state index contributed by atoms with van der Waals surface area (Å²) in [6, 6.07) is 5.25. The maximum atomic E-state index is 11.9. The summed E-state index contributed by atoms with van der Waals surface area (Å²) in [4.78, 5) is 0. The summed E-state index contributed by atoms with van der Waals surface area (Å²) in [6.45, 7) is 3.54. The van der Waals surface area contributed by atoms with Crippen LogP contribution < -0.4 is 10.5 Å². The maximum Gasteiger partial charge on any atom is 0.573 e. The summed E-state index contributed by atoms with van der Waals surface area (Å²) >= 11 is 0. The van der Waals surface area contributed by atoms with Crippen molar-refractivity contribution in [3.63, 3.8) is 0 Å². The fourth-order valence-corrected chi connectivity index (χ4v) is 1.23. The van der Waals surface area contributed by atoms with Crippen LogP contribution in [0.2, 0.25) is 0 Å². The molecule has 2 nitrogen and oxygen atoms in total. The van der Waals surface area contributed by atoms with Gasteiger partial charge in [-0.25, -0.2) is 0 Å². The second-order valence-electron chi connectivity index (χ2n) is 3.25. The van der Waals surface area contributed by atoms with E-state index in [2.05, 4.69) is 11.3 Å². The van der Waals surface area contributed by atoms with Crippen molar-refractivity contribution >= 4 is 12.4 Å². The molecule has 96 valence electrons. The molecule has 0 amide bonds. The van der Waals surface area contributed by atoms with Crippen LogP contribution in [0.15, 0.2) is 36.9 Å². The predicted molar refractivity (Wildman–Crippen MR) is 62.1 cm³/mol. The first kappa shape index (κ1) is 15.8. The number of halogens is 4. The number of nitrogens with two attached hydrogens (primary N) is 1. The average Bonchev–Trinajstić information content (AvgIpc) is 2.16. The van der Waals surface area contributed by atoms with Gasteiger partial charge >= 0.3 is 6.36 Å². The quantitative estimate of drug-likeness (QED) is 0.846. The summed E-state index contributed by atoms with van der Waals surface area (Å²) in [5.41, 5.74) is 6.49. The fraction of sp³-hybridized carbons (Fsp3) is 0.273. The van der Waals surface area contributed by atoms with E-state index in [1.54, 1.807) is 6.08 Å². The Morgan fingerprint density at radius 1 is 1.29 bits per heavy atom. The molecule has 0 bridgehead atoms. The Bertz CT molecular complexity index is 351. The maximum absolute atomic E-state index is 11.9.